The highest BCUT2D eigenvalue weighted by atomic mass is 16.5. The van der Waals surface area contributed by atoms with Crippen LogP contribution in [0.3, 0.4) is 0 Å². The van der Waals surface area contributed by atoms with Gasteiger partial charge in [-0.3, -0.25) is 0 Å². The third kappa shape index (κ3) is 5.40. The summed E-state index contributed by atoms with van der Waals surface area (Å²) in [7, 11) is 1.68. The van der Waals surface area contributed by atoms with Crippen LogP contribution in [0.25, 0.3) is 0 Å². The van der Waals surface area contributed by atoms with Crippen LogP contribution in [0, 0.1) is 0 Å². The van der Waals surface area contributed by atoms with E-state index in [1.54, 1.807) is 7.11 Å². The number of ether oxygens (including phenoxy) is 3. The van der Waals surface area contributed by atoms with E-state index in [1.807, 2.05) is 19.9 Å². The molecule has 5 heteroatoms. The molecule has 0 aromatic heterocycles. The zero-order chi connectivity index (χ0) is 19.9. The summed E-state index contributed by atoms with van der Waals surface area (Å²) in [6.45, 7) is 10.6. The molecule has 5 nitrogen and oxygen atoms in total. The van der Waals surface area contributed by atoms with Crippen LogP contribution in [-0.2, 0) is 11.3 Å². The summed E-state index contributed by atoms with van der Waals surface area (Å²) in [4.78, 5) is 2.37. The van der Waals surface area contributed by atoms with Gasteiger partial charge in [0.25, 0.3) is 0 Å². The molecule has 2 aromatic carbocycles. The molecule has 1 aliphatic heterocycles. The highest BCUT2D eigenvalue weighted by molar-refractivity contribution is 5.48. The Labute approximate surface area is 168 Å². The monoisotopic (exact) mass is 384 g/mol. The lowest BCUT2D eigenvalue weighted by Gasteiger charge is -2.29. The fourth-order valence-corrected chi connectivity index (χ4v) is 3.34. The maximum Gasteiger partial charge on any atom is 0.161 e. The van der Waals surface area contributed by atoms with Crippen molar-refractivity contribution >= 4 is 5.69 Å². The molecule has 3 rings (SSSR count). The number of hydrogen-bond acceptors (Lipinski definition) is 5. The molecule has 2 aromatic rings. The molecule has 0 radical (unpaired) electrons. The molecule has 28 heavy (non-hydrogen) atoms. The molecule has 1 saturated heterocycles. The molecule has 0 saturated carbocycles. The van der Waals surface area contributed by atoms with Crippen LogP contribution < -0.4 is 19.7 Å². The van der Waals surface area contributed by atoms with Gasteiger partial charge in [0, 0.05) is 31.4 Å². The van der Waals surface area contributed by atoms with Crippen molar-refractivity contribution in [1.82, 2.24) is 5.32 Å². The van der Waals surface area contributed by atoms with E-state index in [4.69, 9.17) is 14.2 Å². The van der Waals surface area contributed by atoms with Crippen molar-refractivity contribution in [3.8, 4) is 11.5 Å². The van der Waals surface area contributed by atoms with Gasteiger partial charge >= 0.3 is 0 Å². The molecule has 1 aliphatic rings. The summed E-state index contributed by atoms with van der Waals surface area (Å²) in [6.07, 6.45) is 0.121. The molecular formula is C23H32N2O3. The quantitative estimate of drug-likeness (QED) is 0.740. The summed E-state index contributed by atoms with van der Waals surface area (Å²) in [5, 5.41) is 3.60. The van der Waals surface area contributed by atoms with E-state index in [0.29, 0.717) is 0 Å². The Kier molecular flexibility index (Phi) is 7.18. The third-order valence-corrected chi connectivity index (χ3v) is 4.98. The molecule has 0 spiro atoms. The Morgan fingerprint density at radius 3 is 2.36 bits per heavy atom. The van der Waals surface area contributed by atoms with Gasteiger partial charge in [-0.15, -0.1) is 0 Å². The standard InChI is InChI=1S/C23H32N2O3/c1-17(2)28-22-10-7-20(15-23(22)26-4)18(3)24-16-19-5-8-21(9-6-19)25-11-13-27-14-12-25/h5-10,15,17-18,24H,11-14,16H2,1-4H3/t18-/m1/s1. The van der Waals surface area contributed by atoms with Gasteiger partial charge < -0.3 is 24.4 Å². The van der Waals surface area contributed by atoms with Crippen molar-refractivity contribution < 1.29 is 14.2 Å². The second-order valence-electron chi connectivity index (χ2n) is 7.45. The Morgan fingerprint density at radius 1 is 1.00 bits per heavy atom. The van der Waals surface area contributed by atoms with E-state index >= 15 is 0 Å². The number of methoxy groups -OCH3 is 1. The number of benzene rings is 2. The summed E-state index contributed by atoms with van der Waals surface area (Å²) in [5.74, 6) is 1.56. The largest absolute Gasteiger partial charge is 0.493 e. The van der Waals surface area contributed by atoms with Gasteiger partial charge in [-0.25, -0.2) is 0 Å². The van der Waals surface area contributed by atoms with Gasteiger partial charge in [0.15, 0.2) is 11.5 Å². The van der Waals surface area contributed by atoms with Crippen LogP contribution in [0.5, 0.6) is 11.5 Å². The number of rotatable bonds is 8. The van der Waals surface area contributed by atoms with Crippen molar-refractivity contribution in [2.45, 2.75) is 39.5 Å². The Balaban J connectivity index is 1.58. The van der Waals surface area contributed by atoms with E-state index in [0.717, 1.165) is 44.3 Å². The molecule has 1 atom stereocenters. The zero-order valence-electron chi connectivity index (χ0n) is 17.4. The minimum Gasteiger partial charge on any atom is -0.493 e. The molecule has 1 N–H and O–H groups in total. The van der Waals surface area contributed by atoms with Crippen LogP contribution in [0.2, 0.25) is 0 Å². The third-order valence-electron chi connectivity index (χ3n) is 4.98. The van der Waals surface area contributed by atoms with Crippen LogP contribution in [0.4, 0.5) is 5.69 Å². The average Bonchev–Trinajstić information content (AvgIpc) is 2.73. The topological polar surface area (TPSA) is 43.0 Å². The lowest BCUT2D eigenvalue weighted by Crippen LogP contribution is -2.36. The van der Waals surface area contributed by atoms with Gasteiger partial charge in [-0.2, -0.15) is 0 Å². The number of nitrogens with zero attached hydrogens (tertiary/aromatic N) is 1. The van der Waals surface area contributed by atoms with E-state index in [-0.39, 0.29) is 12.1 Å². The van der Waals surface area contributed by atoms with Crippen LogP contribution in [0.1, 0.15) is 37.9 Å². The minimum atomic E-state index is 0.121. The molecule has 0 unspecified atom stereocenters. The first-order valence-electron chi connectivity index (χ1n) is 10.1. The van der Waals surface area contributed by atoms with E-state index < -0.39 is 0 Å². The van der Waals surface area contributed by atoms with Crippen LogP contribution >= 0.6 is 0 Å². The van der Waals surface area contributed by atoms with Gasteiger partial charge in [-0.1, -0.05) is 18.2 Å². The maximum atomic E-state index is 5.80. The maximum absolute atomic E-state index is 5.80. The number of nitrogens with one attached hydrogen (secondary N) is 1. The molecular weight excluding hydrogens is 352 g/mol. The molecule has 0 amide bonds. The molecule has 1 heterocycles. The molecule has 152 valence electrons. The number of hydrogen-bond donors (Lipinski definition) is 1. The fraction of sp³-hybridized carbons (Fsp3) is 0.478. The normalized spacial score (nSPS) is 15.5. The van der Waals surface area contributed by atoms with Gasteiger partial charge in [0.1, 0.15) is 0 Å². The summed E-state index contributed by atoms with van der Waals surface area (Å²) in [6, 6.07) is 15.2. The second kappa shape index (κ2) is 9.80. The van der Waals surface area contributed by atoms with Gasteiger partial charge in [0.2, 0.25) is 0 Å². The SMILES string of the molecule is COc1cc([C@@H](C)NCc2ccc(N3CCOCC3)cc2)ccc1OC(C)C. The average molecular weight is 385 g/mol. The van der Waals surface area contributed by atoms with Crippen molar-refractivity contribution in [2.75, 3.05) is 38.3 Å². The van der Waals surface area contributed by atoms with E-state index in [9.17, 15) is 0 Å². The van der Waals surface area contributed by atoms with E-state index in [2.05, 4.69) is 53.5 Å². The zero-order valence-corrected chi connectivity index (χ0v) is 17.4. The minimum absolute atomic E-state index is 0.121. The summed E-state index contributed by atoms with van der Waals surface area (Å²) >= 11 is 0. The van der Waals surface area contributed by atoms with Gasteiger partial charge in [-0.05, 0) is 56.2 Å². The number of morpholine rings is 1. The highest BCUT2D eigenvalue weighted by Crippen LogP contribution is 2.31. The first-order chi connectivity index (χ1) is 13.6. The highest BCUT2D eigenvalue weighted by Gasteiger charge is 2.13. The van der Waals surface area contributed by atoms with Crippen LogP contribution in [0.15, 0.2) is 42.5 Å². The van der Waals surface area contributed by atoms with Crippen LogP contribution in [-0.4, -0.2) is 39.5 Å². The van der Waals surface area contributed by atoms with Crippen molar-refractivity contribution in [3.63, 3.8) is 0 Å². The van der Waals surface area contributed by atoms with E-state index in [1.165, 1.54) is 16.8 Å². The smallest absolute Gasteiger partial charge is 0.161 e. The predicted molar refractivity (Wildman–Crippen MR) is 113 cm³/mol. The Morgan fingerprint density at radius 2 is 1.71 bits per heavy atom. The summed E-state index contributed by atoms with van der Waals surface area (Å²) in [5.41, 5.74) is 3.72. The Bertz CT molecular complexity index is 740. The van der Waals surface area contributed by atoms with Crippen molar-refractivity contribution in [2.24, 2.45) is 0 Å². The second-order valence-corrected chi connectivity index (χ2v) is 7.45. The lowest BCUT2D eigenvalue weighted by molar-refractivity contribution is 0.122. The fourth-order valence-electron chi connectivity index (χ4n) is 3.34. The first kappa shape index (κ1) is 20.5. The molecule has 1 fully saturated rings. The van der Waals surface area contributed by atoms with Crippen molar-refractivity contribution in [3.05, 3.63) is 53.6 Å². The lowest BCUT2D eigenvalue weighted by atomic mass is 10.1. The molecule has 0 bridgehead atoms. The van der Waals surface area contributed by atoms with Gasteiger partial charge in [0.05, 0.1) is 26.4 Å². The Hall–Kier alpha value is -2.24. The van der Waals surface area contributed by atoms with Crippen molar-refractivity contribution in [1.29, 1.82) is 0 Å². The molecule has 0 aliphatic carbocycles. The summed E-state index contributed by atoms with van der Waals surface area (Å²) < 4.78 is 16.7. The predicted octanol–water partition coefficient (Wildman–Crippen LogP) is 4.17. The number of anilines is 1. The first-order valence-corrected chi connectivity index (χ1v) is 10.1.